The van der Waals surface area contributed by atoms with E-state index < -0.39 is 15.0 Å². The van der Waals surface area contributed by atoms with E-state index in [1.807, 2.05) is 0 Å². The first-order chi connectivity index (χ1) is 8.63. The maximum Gasteiger partial charge on any atom is 0.273 e. The lowest BCUT2D eigenvalue weighted by Crippen LogP contribution is -2.28. The number of aryl methyl sites for hydroxylation is 1. The molecule has 0 spiro atoms. The van der Waals surface area contributed by atoms with Gasteiger partial charge in [-0.1, -0.05) is 13.8 Å². The second kappa shape index (κ2) is 4.49. The van der Waals surface area contributed by atoms with E-state index in [2.05, 4.69) is 29.4 Å². The first-order valence-corrected chi connectivity index (χ1v) is 8.21. The summed E-state index contributed by atoms with van der Waals surface area (Å²) in [5, 5.41) is 8.88. The number of H-pyrrole nitrogens is 1. The minimum Gasteiger partial charge on any atom is -0.350 e. The number of carbonyl (C=O) groups excluding carboxylic acids is 1. The van der Waals surface area contributed by atoms with Crippen LogP contribution in [0.5, 0.6) is 0 Å². The quantitative estimate of drug-likeness (QED) is 0.823. The summed E-state index contributed by atoms with van der Waals surface area (Å²) in [7, 11) is 1.31. The van der Waals surface area contributed by atoms with Crippen molar-refractivity contribution in [3.63, 3.8) is 0 Å². The maximum atomic E-state index is 12.0. The highest BCUT2D eigenvalue weighted by atomic mass is 35.7. The number of amides is 1. The lowest BCUT2D eigenvalue weighted by atomic mass is 10.1. The summed E-state index contributed by atoms with van der Waals surface area (Å²) >= 11 is 0. The Morgan fingerprint density at radius 2 is 2.16 bits per heavy atom. The molecule has 0 bridgehead atoms. The van der Waals surface area contributed by atoms with Crippen molar-refractivity contribution < 1.29 is 13.2 Å². The third-order valence-electron chi connectivity index (χ3n) is 3.58. The van der Waals surface area contributed by atoms with Crippen molar-refractivity contribution in [2.45, 2.75) is 32.1 Å². The minimum atomic E-state index is -3.99. The van der Waals surface area contributed by atoms with Crippen LogP contribution < -0.4 is 5.32 Å². The smallest absolute Gasteiger partial charge is 0.273 e. The van der Waals surface area contributed by atoms with Crippen molar-refractivity contribution in [1.29, 1.82) is 0 Å². The average molecular weight is 306 g/mol. The molecule has 1 heterocycles. The third kappa shape index (κ3) is 2.92. The van der Waals surface area contributed by atoms with E-state index in [0.29, 0.717) is 12.5 Å². The van der Waals surface area contributed by atoms with E-state index in [4.69, 9.17) is 10.7 Å². The minimum absolute atomic E-state index is 0.175. The zero-order valence-corrected chi connectivity index (χ0v) is 12.5. The number of nitrogens with one attached hydrogen (secondary N) is 2. The Morgan fingerprint density at radius 1 is 1.58 bits per heavy atom. The highest BCUT2D eigenvalue weighted by molar-refractivity contribution is 8.13. The van der Waals surface area contributed by atoms with Crippen molar-refractivity contribution in [2.24, 2.45) is 11.3 Å². The molecule has 1 fully saturated rings. The summed E-state index contributed by atoms with van der Waals surface area (Å²) in [5.41, 5.74) is 0.328. The molecular weight excluding hydrogens is 290 g/mol. The second-order valence-electron chi connectivity index (χ2n) is 5.56. The first kappa shape index (κ1) is 14.3. The van der Waals surface area contributed by atoms with Crippen LogP contribution in [0.4, 0.5) is 0 Å². The molecule has 0 aromatic carbocycles. The summed E-state index contributed by atoms with van der Waals surface area (Å²) < 4.78 is 22.8. The van der Waals surface area contributed by atoms with E-state index in [9.17, 15) is 13.2 Å². The van der Waals surface area contributed by atoms with Crippen molar-refractivity contribution in [1.82, 2.24) is 15.5 Å². The van der Waals surface area contributed by atoms with Gasteiger partial charge in [0.2, 0.25) is 0 Å². The predicted molar refractivity (Wildman–Crippen MR) is 70.6 cm³/mol. The van der Waals surface area contributed by atoms with Gasteiger partial charge < -0.3 is 5.32 Å². The van der Waals surface area contributed by atoms with Crippen LogP contribution >= 0.6 is 10.7 Å². The zero-order valence-electron chi connectivity index (χ0n) is 10.9. The molecule has 1 aromatic heterocycles. The molecule has 8 heteroatoms. The van der Waals surface area contributed by atoms with Gasteiger partial charge in [-0.05, 0) is 24.7 Å². The second-order valence-corrected chi connectivity index (χ2v) is 8.07. The fourth-order valence-corrected chi connectivity index (χ4v) is 3.44. The standard InChI is InChI=1S/C11H16ClN3O3S/c1-6-9(19(12,17)18)8(15-14-6)10(16)13-5-7-4-11(7,2)3/h7H,4-5H2,1-3H3,(H,13,16)(H,14,15). The summed E-state index contributed by atoms with van der Waals surface area (Å²) in [6.07, 6.45) is 1.05. The van der Waals surface area contributed by atoms with Gasteiger partial charge in [-0.2, -0.15) is 5.10 Å². The molecule has 106 valence electrons. The Bertz CT molecular complexity index is 621. The van der Waals surface area contributed by atoms with Gasteiger partial charge >= 0.3 is 0 Å². The molecule has 1 saturated carbocycles. The Kier molecular flexibility index (Phi) is 3.38. The van der Waals surface area contributed by atoms with Crippen LogP contribution in [0.1, 0.15) is 36.5 Å². The van der Waals surface area contributed by atoms with Crippen molar-refractivity contribution in [2.75, 3.05) is 6.54 Å². The molecule has 1 unspecified atom stereocenters. The molecule has 1 atom stereocenters. The van der Waals surface area contributed by atoms with Gasteiger partial charge in [0.1, 0.15) is 4.90 Å². The highest BCUT2D eigenvalue weighted by Gasteiger charge is 2.45. The van der Waals surface area contributed by atoms with Gasteiger partial charge in [-0.25, -0.2) is 8.42 Å². The summed E-state index contributed by atoms with van der Waals surface area (Å²) in [6.45, 7) is 6.26. The molecular formula is C11H16ClN3O3S. The van der Waals surface area contributed by atoms with E-state index in [1.165, 1.54) is 6.92 Å². The molecule has 0 aliphatic heterocycles. The van der Waals surface area contributed by atoms with E-state index >= 15 is 0 Å². The van der Waals surface area contributed by atoms with Gasteiger partial charge in [-0.3, -0.25) is 9.89 Å². The Morgan fingerprint density at radius 3 is 2.63 bits per heavy atom. The maximum absolute atomic E-state index is 12.0. The molecule has 0 saturated heterocycles. The number of nitrogens with zero attached hydrogens (tertiary/aromatic N) is 1. The average Bonchev–Trinajstić information content (AvgIpc) is 2.69. The molecule has 6 nitrogen and oxygen atoms in total. The molecule has 0 radical (unpaired) electrons. The number of hydrogen-bond acceptors (Lipinski definition) is 4. The molecule has 1 aliphatic carbocycles. The van der Waals surface area contributed by atoms with E-state index in [0.717, 1.165) is 6.42 Å². The van der Waals surface area contributed by atoms with Gasteiger partial charge in [-0.15, -0.1) is 0 Å². The summed E-state index contributed by atoms with van der Waals surface area (Å²) in [4.78, 5) is 11.7. The Labute approximate surface area is 116 Å². The van der Waals surface area contributed by atoms with E-state index in [1.54, 1.807) is 0 Å². The first-order valence-electron chi connectivity index (χ1n) is 5.91. The van der Waals surface area contributed by atoms with Crippen LogP contribution in [0.25, 0.3) is 0 Å². The number of hydrogen-bond donors (Lipinski definition) is 2. The number of halogens is 1. The molecule has 1 amide bonds. The van der Waals surface area contributed by atoms with Gasteiger partial charge in [0.05, 0.1) is 5.69 Å². The van der Waals surface area contributed by atoms with Crippen LogP contribution in [0.15, 0.2) is 4.90 Å². The number of rotatable bonds is 4. The van der Waals surface area contributed by atoms with Crippen LogP contribution in [-0.2, 0) is 9.05 Å². The lowest BCUT2D eigenvalue weighted by molar-refractivity contribution is 0.0942. The van der Waals surface area contributed by atoms with Crippen LogP contribution in [-0.4, -0.2) is 31.1 Å². The molecule has 1 aromatic rings. The van der Waals surface area contributed by atoms with Crippen molar-refractivity contribution in [3.8, 4) is 0 Å². The van der Waals surface area contributed by atoms with Crippen LogP contribution in [0.3, 0.4) is 0 Å². The monoisotopic (exact) mass is 305 g/mol. The largest absolute Gasteiger partial charge is 0.350 e. The number of carbonyl (C=O) groups is 1. The van der Waals surface area contributed by atoms with Gasteiger partial charge in [0.15, 0.2) is 5.69 Å². The number of aromatic nitrogens is 2. The van der Waals surface area contributed by atoms with Gasteiger partial charge in [0, 0.05) is 17.2 Å². The lowest BCUT2D eigenvalue weighted by Gasteiger charge is -2.05. The van der Waals surface area contributed by atoms with Crippen LogP contribution in [0.2, 0.25) is 0 Å². The van der Waals surface area contributed by atoms with E-state index in [-0.39, 0.29) is 21.7 Å². The number of aromatic amines is 1. The molecule has 2 N–H and O–H groups in total. The highest BCUT2D eigenvalue weighted by Crippen LogP contribution is 2.50. The fourth-order valence-electron chi connectivity index (χ4n) is 2.10. The molecule has 19 heavy (non-hydrogen) atoms. The Hall–Kier alpha value is -1.08. The zero-order chi connectivity index (χ0) is 14.4. The molecule has 2 rings (SSSR count). The van der Waals surface area contributed by atoms with Crippen LogP contribution in [0, 0.1) is 18.3 Å². The normalized spacial score (nSPS) is 21.2. The summed E-state index contributed by atoms with van der Waals surface area (Å²) in [6, 6.07) is 0. The topological polar surface area (TPSA) is 91.9 Å². The fraction of sp³-hybridized carbons (Fsp3) is 0.636. The van der Waals surface area contributed by atoms with Crippen molar-refractivity contribution >= 4 is 25.6 Å². The molecule has 1 aliphatic rings. The summed E-state index contributed by atoms with van der Waals surface area (Å²) in [5.74, 6) is -0.0983. The Balaban J connectivity index is 2.12. The van der Waals surface area contributed by atoms with Gasteiger partial charge in [0.25, 0.3) is 15.0 Å². The predicted octanol–water partition coefficient (Wildman–Crippen LogP) is 1.42. The van der Waals surface area contributed by atoms with Crippen molar-refractivity contribution in [3.05, 3.63) is 11.4 Å². The SMILES string of the molecule is Cc1[nH]nc(C(=O)NCC2CC2(C)C)c1S(=O)(=O)Cl. The third-order valence-corrected chi connectivity index (χ3v) is 5.03.